The highest BCUT2D eigenvalue weighted by Crippen LogP contribution is 2.35. The predicted molar refractivity (Wildman–Crippen MR) is 97.5 cm³/mol. The van der Waals surface area contributed by atoms with Gasteiger partial charge in [-0.05, 0) is 30.3 Å². The molecule has 2 aromatic carbocycles. The summed E-state index contributed by atoms with van der Waals surface area (Å²) in [6, 6.07) is 8.80. The second kappa shape index (κ2) is 7.25. The van der Waals surface area contributed by atoms with E-state index in [1.165, 1.54) is 12.1 Å². The third-order valence-electron chi connectivity index (χ3n) is 3.71. The molecule has 0 unspecified atom stereocenters. The molecule has 3 rings (SSSR count). The largest absolute Gasteiger partial charge is 0.492 e. The number of hydrogen-bond acceptors (Lipinski definition) is 8. The number of benzene rings is 2. The number of hydrogen-bond donors (Lipinski definition) is 2. The van der Waals surface area contributed by atoms with Crippen molar-refractivity contribution in [2.24, 2.45) is 5.14 Å². The van der Waals surface area contributed by atoms with E-state index in [9.17, 15) is 16.8 Å². The van der Waals surface area contributed by atoms with Gasteiger partial charge in [-0.3, -0.25) is 0 Å². The summed E-state index contributed by atoms with van der Waals surface area (Å²) >= 11 is 0. The van der Waals surface area contributed by atoms with Crippen LogP contribution in [0.4, 0.5) is 5.69 Å². The van der Waals surface area contributed by atoms with Gasteiger partial charge in [-0.15, -0.1) is 0 Å². The van der Waals surface area contributed by atoms with Gasteiger partial charge in [0.15, 0.2) is 21.3 Å². The van der Waals surface area contributed by atoms with Crippen molar-refractivity contribution < 1.29 is 31.0 Å². The first kappa shape index (κ1) is 19.3. The summed E-state index contributed by atoms with van der Waals surface area (Å²) < 4.78 is 62.9. The van der Waals surface area contributed by atoms with E-state index >= 15 is 0 Å². The van der Waals surface area contributed by atoms with E-state index in [1.807, 2.05) is 0 Å². The molecule has 1 aliphatic rings. The maximum Gasteiger partial charge on any atom is 0.238 e. The summed E-state index contributed by atoms with van der Waals surface area (Å²) in [5.74, 6) is 1.82. The normalized spacial score (nSPS) is 13.4. The van der Waals surface area contributed by atoms with Crippen LogP contribution >= 0.6 is 0 Å². The van der Waals surface area contributed by atoms with Gasteiger partial charge in [-0.25, -0.2) is 22.0 Å². The standard InChI is InChI=1S/C16H18N2O7S2/c1-26(19,20)16-9-12(27(17,21)22)3-4-13(16)18-6-7-23-11-2-5-14-15(8-11)25-10-24-14/h2-5,8-9,18H,6-7,10H2,1H3,(H2,17,21,22). The van der Waals surface area contributed by atoms with Gasteiger partial charge in [-0.2, -0.15) is 0 Å². The molecule has 1 heterocycles. The summed E-state index contributed by atoms with van der Waals surface area (Å²) in [6.07, 6.45) is 0.990. The van der Waals surface area contributed by atoms with Gasteiger partial charge >= 0.3 is 0 Å². The molecule has 27 heavy (non-hydrogen) atoms. The van der Waals surface area contributed by atoms with Crippen LogP contribution in [-0.2, 0) is 19.9 Å². The van der Waals surface area contributed by atoms with Crippen LogP contribution in [0, 0.1) is 0 Å². The maximum absolute atomic E-state index is 12.0. The van der Waals surface area contributed by atoms with Gasteiger partial charge in [0.2, 0.25) is 16.8 Å². The van der Waals surface area contributed by atoms with Gasteiger partial charge in [0.25, 0.3) is 0 Å². The van der Waals surface area contributed by atoms with Crippen LogP contribution in [-0.4, -0.2) is 43.0 Å². The van der Waals surface area contributed by atoms with E-state index < -0.39 is 19.9 Å². The number of nitrogens with one attached hydrogen (secondary N) is 1. The lowest BCUT2D eigenvalue weighted by molar-refractivity contribution is 0.174. The van der Waals surface area contributed by atoms with Gasteiger partial charge in [-0.1, -0.05) is 0 Å². The van der Waals surface area contributed by atoms with E-state index in [0.29, 0.717) is 17.2 Å². The summed E-state index contributed by atoms with van der Waals surface area (Å²) in [7, 11) is -7.67. The molecule has 9 nitrogen and oxygen atoms in total. The molecule has 2 aromatic rings. The van der Waals surface area contributed by atoms with Crippen molar-refractivity contribution in [3.63, 3.8) is 0 Å². The average Bonchev–Trinajstić information content (AvgIpc) is 3.04. The third kappa shape index (κ3) is 4.62. The van der Waals surface area contributed by atoms with E-state index in [2.05, 4.69) is 5.32 Å². The molecule has 0 aliphatic carbocycles. The number of nitrogens with two attached hydrogens (primary N) is 1. The summed E-state index contributed by atoms with van der Waals surface area (Å²) in [4.78, 5) is -0.429. The number of primary sulfonamides is 1. The smallest absolute Gasteiger partial charge is 0.238 e. The molecule has 0 saturated heterocycles. The summed E-state index contributed by atoms with van der Waals surface area (Å²) in [5.41, 5.74) is 0.263. The zero-order valence-electron chi connectivity index (χ0n) is 14.3. The van der Waals surface area contributed by atoms with Gasteiger partial charge < -0.3 is 19.5 Å². The monoisotopic (exact) mass is 414 g/mol. The van der Waals surface area contributed by atoms with E-state index in [1.54, 1.807) is 18.2 Å². The second-order valence-electron chi connectivity index (χ2n) is 5.77. The van der Waals surface area contributed by atoms with E-state index in [4.69, 9.17) is 19.3 Å². The van der Waals surface area contributed by atoms with Crippen LogP contribution in [0.1, 0.15) is 0 Å². The fraction of sp³-hybridized carbons (Fsp3) is 0.250. The van der Waals surface area contributed by atoms with Crippen molar-refractivity contribution in [2.75, 3.05) is 31.5 Å². The SMILES string of the molecule is CS(=O)(=O)c1cc(S(N)(=O)=O)ccc1NCCOc1ccc2c(c1)OCO2. The molecule has 11 heteroatoms. The zero-order valence-corrected chi connectivity index (χ0v) is 16.0. The molecular formula is C16H18N2O7S2. The molecule has 0 bridgehead atoms. The van der Waals surface area contributed by atoms with E-state index in [-0.39, 0.29) is 35.4 Å². The van der Waals surface area contributed by atoms with Crippen LogP contribution in [0.25, 0.3) is 0 Å². The molecule has 1 aliphatic heterocycles. The minimum atomic E-state index is -4.01. The Kier molecular flexibility index (Phi) is 5.18. The highest BCUT2D eigenvalue weighted by Gasteiger charge is 2.18. The number of sulfone groups is 1. The topological polar surface area (TPSA) is 134 Å². The minimum absolute atomic E-state index is 0.155. The van der Waals surface area contributed by atoms with Gasteiger partial charge in [0.05, 0.1) is 15.5 Å². The first-order chi connectivity index (χ1) is 12.6. The highest BCUT2D eigenvalue weighted by molar-refractivity contribution is 7.91. The quantitative estimate of drug-likeness (QED) is 0.640. The highest BCUT2D eigenvalue weighted by atomic mass is 32.2. The van der Waals surface area contributed by atoms with Crippen molar-refractivity contribution >= 4 is 25.5 Å². The van der Waals surface area contributed by atoms with Crippen molar-refractivity contribution in [2.45, 2.75) is 9.79 Å². The average molecular weight is 414 g/mol. The first-order valence-electron chi connectivity index (χ1n) is 7.78. The molecule has 0 spiro atoms. The summed E-state index contributed by atoms with van der Waals surface area (Å²) in [6.45, 7) is 0.689. The van der Waals surface area contributed by atoms with E-state index in [0.717, 1.165) is 12.3 Å². The van der Waals surface area contributed by atoms with Crippen LogP contribution in [0.3, 0.4) is 0 Å². The molecule has 0 fully saturated rings. The molecule has 146 valence electrons. The fourth-order valence-corrected chi connectivity index (χ4v) is 3.95. The van der Waals surface area contributed by atoms with Crippen molar-refractivity contribution in [3.8, 4) is 17.2 Å². The van der Waals surface area contributed by atoms with Crippen LogP contribution in [0.5, 0.6) is 17.2 Å². The van der Waals surface area contributed by atoms with Crippen LogP contribution < -0.4 is 24.7 Å². The molecule has 0 amide bonds. The maximum atomic E-state index is 12.0. The Morgan fingerprint density at radius 3 is 2.52 bits per heavy atom. The Morgan fingerprint density at radius 1 is 1.07 bits per heavy atom. The fourth-order valence-electron chi connectivity index (χ4n) is 2.45. The zero-order chi connectivity index (χ0) is 19.7. The molecule has 0 atom stereocenters. The molecule has 0 aromatic heterocycles. The lowest BCUT2D eigenvalue weighted by atomic mass is 10.3. The number of rotatable bonds is 7. The molecule has 3 N–H and O–H groups in total. The minimum Gasteiger partial charge on any atom is -0.492 e. The summed E-state index contributed by atoms with van der Waals surface area (Å²) in [5, 5.41) is 7.99. The Bertz CT molecular complexity index is 1070. The number of ether oxygens (including phenoxy) is 3. The predicted octanol–water partition coefficient (Wildman–Crippen LogP) is 0.957. The van der Waals surface area contributed by atoms with Crippen LogP contribution in [0.15, 0.2) is 46.2 Å². The lowest BCUT2D eigenvalue weighted by Gasteiger charge is -2.13. The third-order valence-corrected chi connectivity index (χ3v) is 5.76. The number of sulfonamides is 1. The molecular weight excluding hydrogens is 396 g/mol. The second-order valence-corrected chi connectivity index (χ2v) is 9.31. The number of anilines is 1. The van der Waals surface area contributed by atoms with Crippen molar-refractivity contribution in [1.82, 2.24) is 0 Å². The number of fused-ring (bicyclic) bond motifs is 1. The Morgan fingerprint density at radius 2 is 1.81 bits per heavy atom. The first-order valence-corrected chi connectivity index (χ1v) is 11.2. The lowest BCUT2D eigenvalue weighted by Crippen LogP contribution is -2.16. The van der Waals surface area contributed by atoms with Crippen molar-refractivity contribution in [3.05, 3.63) is 36.4 Å². The van der Waals surface area contributed by atoms with Crippen LogP contribution in [0.2, 0.25) is 0 Å². The van der Waals surface area contributed by atoms with Gasteiger partial charge in [0, 0.05) is 18.9 Å². The Balaban J connectivity index is 1.67. The Hall–Kier alpha value is -2.50. The van der Waals surface area contributed by atoms with Crippen molar-refractivity contribution in [1.29, 1.82) is 0 Å². The molecule has 0 radical (unpaired) electrons. The molecule has 0 saturated carbocycles. The Labute approximate surface area is 157 Å². The van der Waals surface area contributed by atoms with Gasteiger partial charge in [0.1, 0.15) is 12.4 Å².